The van der Waals surface area contributed by atoms with E-state index in [2.05, 4.69) is 34.2 Å². The minimum absolute atomic E-state index is 0.0202. The number of halogens is 1. The molecule has 1 amide bonds. The smallest absolute Gasteiger partial charge is 0.258 e. The van der Waals surface area contributed by atoms with E-state index in [-0.39, 0.29) is 12.5 Å². The van der Waals surface area contributed by atoms with Crippen LogP contribution in [0.4, 0.5) is 0 Å². The van der Waals surface area contributed by atoms with Gasteiger partial charge in [0.25, 0.3) is 5.91 Å². The SMILES string of the molecule is CCc1ccc(OCC(=O)NCCOc2cc(C)cc(C)c2)c(Br)c1. The van der Waals surface area contributed by atoms with Crippen molar-refractivity contribution in [2.75, 3.05) is 19.8 Å². The summed E-state index contributed by atoms with van der Waals surface area (Å²) < 4.78 is 12.1. The van der Waals surface area contributed by atoms with Crippen LogP contribution >= 0.6 is 15.9 Å². The Morgan fingerprint density at radius 1 is 1.08 bits per heavy atom. The second-order valence-corrected chi connectivity index (χ2v) is 6.78. The summed E-state index contributed by atoms with van der Waals surface area (Å²) in [7, 11) is 0. The molecule has 0 fully saturated rings. The standard InChI is InChI=1S/C20H24BrNO3/c1-4-16-5-6-19(18(21)12-16)25-13-20(23)22-7-8-24-17-10-14(2)9-15(3)11-17/h5-6,9-12H,4,7-8,13H2,1-3H3,(H,22,23). The van der Waals surface area contributed by atoms with Crippen LogP contribution in [0.2, 0.25) is 0 Å². The van der Waals surface area contributed by atoms with Crippen molar-refractivity contribution in [3.8, 4) is 11.5 Å². The molecule has 4 nitrogen and oxygen atoms in total. The van der Waals surface area contributed by atoms with E-state index in [0.717, 1.165) is 27.8 Å². The maximum absolute atomic E-state index is 11.9. The highest BCUT2D eigenvalue weighted by Crippen LogP contribution is 2.26. The first-order chi connectivity index (χ1) is 12.0. The summed E-state index contributed by atoms with van der Waals surface area (Å²) in [6.45, 7) is 6.99. The minimum Gasteiger partial charge on any atom is -0.492 e. The topological polar surface area (TPSA) is 47.6 Å². The van der Waals surface area contributed by atoms with E-state index in [4.69, 9.17) is 9.47 Å². The molecule has 1 N–H and O–H groups in total. The average Bonchev–Trinajstić information content (AvgIpc) is 2.56. The second kappa shape index (κ2) is 9.47. The predicted molar refractivity (Wildman–Crippen MR) is 103 cm³/mol. The molecule has 0 atom stereocenters. The van der Waals surface area contributed by atoms with Crippen molar-refractivity contribution in [3.63, 3.8) is 0 Å². The molecule has 0 aliphatic rings. The summed E-state index contributed by atoms with van der Waals surface area (Å²) in [6.07, 6.45) is 0.958. The second-order valence-electron chi connectivity index (χ2n) is 5.93. The van der Waals surface area contributed by atoms with E-state index >= 15 is 0 Å². The van der Waals surface area contributed by atoms with E-state index in [1.807, 2.05) is 44.2 Å². The van der Waals surface area contributed by atoms with E-state index in [9.17, 15) is 4.79 Å². The number of hydrogen-bond acceptors (Lipinski definition) is 3. The molecule has 0 radical (unpaired) electrons. The van der Waals surface area contributed by atoms with Crippen LogP contribution in [0.5, 0.6) is 11.5 Å². The third-order valence-electron chi connectivity index (χ3n) is 3.65. The van der Waals surface area contributed by atoms with Crippen LogP contribution in [0.25, 0.3) is 0 Å². The summed E-state index contributed by atoms with van der Waals surface area (Å²) in [5.74, 6) is 1.32. The molecule has 25 heavy (non-hydrogen) atoms. The van der Waals surface area contributed by atoms with Gasteiger partial charge in [0.1, 0.15) is 18.1 Å². The molecule has 0 spiro atoms. The Balaban J connectivity index is 1.70. The van der Waals surface area contributed by atoms with Crippen LogP contribution in [0, 0.1) is 13.8 Å². The van der Waals surface area contributed by atoms with Crippen LogP contribution in [0.1, 0.15) is 23.6 Å². The zero-order chi connectivity index (χ0) is 18.2. The number of nitrogens with one attached hydrogen (secondary N) is 1. The average molecular weight is 406 g/mol. The number of ether oxygens (including phenoxy) is 2. The zero-order valence-electron chi connectivity index (χ0n) is 14.9. The third kappa shape index (κ3) is 6.42. The predicted octanol–water partition coefficient (Wildman–Crippen LogP) is 4.20. The molecule has 2 rings (SSSR count). The van der Waals surface area contributed by atoms with Gasteiger partial charge in [0.05, 0.1) is 11.0 Å². The normalized spacial score (nSPS) is 10.4. The number of rotatable bonds is 8. The maximum Gasteiger partial charge on any atom is 0.258 e. The molecule has 0 saturated carbocycles. The van der Waals surface area contributed by atoms with E-state index in [1.54, 1.807) is 0 Å². The van der Waals surface area contributed by atoms with Gasteiger partial charge in [0.2, 0.25) is 0 Å². The molecule has 0 heterocycles. The Morgan fingerprint density at radius 3 is 2.44 bits per heavy atom. The Morgan fingerprint density at radius 2 is 1.80 bits per heavy atom. The number of carbonyl (C=O) groups is 1. The van der Waals surface area contributed by atoms with Crippen LogP contribution in [0.15, 0.2) is 40.9 Å². The fraction of sp³-hybridized carbons (Fsp3) is 0.350. The molecule has 2 aromatic rings. The lowest BCUT2D eigenvalue weighted by Gasteiger charge is -2.11. The molecular formula is C20H24BrNO3. The van der Waals surface area contributed by atoms with Gasteiger partial charge >= 0.3 is 0 Å². The summed E-state index contributed by atoms with van der Waals surface area (Å²) in [5.41, 5.74) is 3.53. The van der Waals surface area contributed by atoms with E-state index in [1.165, 1.54) is 5.56 Å². The van der Waals surface area contributed by atoms with Crippen LogP contribution in [0.3, 0.4) is 0 Å². The first-order valence-electron chi connectivity index (χ1n) is 8.37. The highest BCUT2D eigenvalue weighted by molar-refractivity contribution is 9.10. The number of benzene rings is 2. The van der Waals surface area contributed by atoms with E-state index < -0.39 is 0 Å². The Labute approximate surface area is 157 Å². The molecule has 2 aromatic carbocycles. The Kier molecular flexibility index (Phi) is 7.31. The fourth-order valence-corrected chi connectivity index (χ4v) is 2.99. The van der Waals surface area contributed by atoms with Crippen molar-refractivity contribution < 1.29 is 14.3 Å². The lowest BCUT2D eigenvalue weighted by Crippen LogP contribution is -2.32. The Hall–Kier alpha value is -2.01. The number of hydrogen-bond donors (Lipinski definition) is 1. The van der Waals surface area contributed by atoms with Gasteiger partial charge in [-0.3, -0.25) is 4.79 Å². The molecule has 0 saturated heterocycles. The van der Waals surface area contributed by atoms with Gasteiger partial charge in [-0.05, 0) is 77.2 Å². The van der Waals surface area contributed by atoms with Crippen molar-refractivity contribution in [3.05, 3.63) is 57.6 Å². The van der Waals surface area contributed by atoms with E-state index in [0.29, 0.717) is 18.9 Å². The van der Waals surface area contributed by atoms with Gasteiger partial charge in [0, 0.05) is 0 Å². The molecule has 0 unspecified atom stereocenters. The minimum atomic E-state index is -0.171. The van der Waals surface area contributed by atoms with Gasteiger partial charge in [-0.1, -0.05) is 19.1 Å². The van der Waals surface area contributed by atoms with Gasteiger partial charge < -0.3 is 14.8 Å². The quantitative estimate of drug-likeness (QED) is 0.669. The molecule has 5 heteroatoms. The van der Waals surface area contributed by atoms with Crippen molar-refractivity contribution >= 4 is 21.8 Å². The van der Waals surface area contributed by atoms with Crippen molar-refractivity contribution in [2.45, 2.75) is 27.2 Å². The first kappa shape index (κ1) is 19.3. The third-order valence-corrected chi connectivity index (χ3v) is 4.27. The van der Waals surface area contributed by atoms with Crippen molar-refractivity contribution in [1.82, 2.24) is 5.32 Å². The summed E-state index contributed by atoms with van der Waals surface area (Å²) in [6, 6.07) is 11.9. The van der Waals surface area contributed by atoms with Crippen LogP contribution in [-0.2, 0) is 11.2 Å². The van der Waals surface area contributed by atoms with Gasteiger partial charge in [-0.15, -0.1) is 0 Å². The number of aryl methyl sites for hydroxylation is 3. The van der Waals surface area contributed by atoms with Crippen LogP contribution < -0.4 is 14.8 Å². The van der Waals surface area contributed by atoms with Gasteiger partial charge in [0.15, 0.2) is 6.61 Å². The van der Waals surface area contributed by atoms with Crippen LogP contribution in [-0.4, -0.2) is 25.7 Å². The fourth-order valence-electron chi connectivity index (χ4n) is 2.45. The molecular weight excluding hydrogens is 382 g/mol. The van der Waals surface area contributed by atoms with Crippen molar-refractivity contribution in [2.24, 2.45) is 0 Å². The molecule has 0 aliphatic heterocycles. The monoisotopic (exact) mass is 405 g/mol. The first-order valence-corrected chi connectivity index (χ1v) is 9.16. The summed E-state index contributed by atoms with van der Waals surface area (Å²) >= 11 is 3.46. The number of carbonyl (C=O) groups excluding carboxylic acids is 1. The summed E-state index contributed by atoms with van der Waals surface area (Å²) in [5, 5.41) is 2.79. The molecule has 0 aromatic heterocycles. The zero-order valence-corrected chi connectivity index (χ0v) is 16.5. The highest BCUT2D eigenvalue weighted by atomic mass is 79.9. The highest BCUT2D eigenvalue weighted by Gasteiger charge is 2.06. The van der Waals surface area contributed by atoms with Gasteiger partial charge in [-0.25, -0.2) is 0 Å². The largest absolute Gasteiger partial charge is 0.492 e. The number of amides is 1. The summed E-state index contributed by atoms with van der Waals surface area (Å²) in [4.78, 5) is 11.9. The molecule has 134 valence electrons. The van der Waals surface area contributed by atoms with Gasteiger partial charge in [-0.2, -0.15) is 0 Å². The van der Waals surface area contributed by atoms with Crippen molar-refractivity contribution in [1.29, 1.82) is 0 Å². The molecule has 0 bridgehead atoms. The maximum atomic E-state index is 11.9. The lowest BCUT2D eigenvalue weighted by atomic mass is 10.1. The Bertz CT molecular complexity index is 711. The lowest BCUT2D eigenvalue weighted by molar-refractivity contribution is -0.123. The molecule has 0 aliphatic carbocycles.